The van der Waals surface area contributed by atoms with E-state index in [1.165, 1.54) is 0 Å². The summed E-state index contributed by atoms with van der Waals surface area (Å²) in [5, 5.41) is 12.2. The molecule has 0 unspecified atom stereocenters. The number of pyridine rings is 2. The van der Waals surface area contributed by atoms with Crippen LogP contribution in [0, 0.1) is 6.92 Å². The Morgan fingerprint density at radius 3 is 2.80 bits per heavy atom. The molecule has 0 fully saturated rings. The summed E-state index contributed by atoms with van der Waals surface area (Å²) in [5.74, 6) is 0.671. The third-order valence-corrected chi connectivity index (χ3v) is 6.70. The van der Waals surface area contributed by atoms with E-state index in [1.54, 1.807) is 18.7 Å². The van der Waals surface area contributed by atoms with Gasteiger partial charge in [0.25, 0.3) is 0 Å². The van der Waals surface area contributed by atoms with Gasteiger partial charge in [0.05, 0.1) is 41.1 Å². The lowest BCUT2D eigenvalue weighted by atomic mass is 10.0. The molecular weight excluding hydrogens is 498 g/mol. The lowest BCUT2D eigenvalue weighted by Gasteiger charge is -2.08. The van der Waals surface area contributed by atoms with Gasteiger partial charge in [-0.2, -0.15) is 5.10 Å². The molecule has 0 saturated carbocycles. The molecule has 0 amide bonds. The maximum absolute atomic E-state index is 4.92. The van der Waals surface area contributed by atoms with Crippen molar-refractivity contribution in [3.05, 3.63) is 109 Å². The number of rotatable bonds is 9. The van der Waals surface area contributed by atoms with Crippen molar-refractivity contribution in [1.29, 1.82) is 0 Å². The van der Waals surface area contributed by atoms with Crippen LogP contribution in [0.1, 0.15) is 18.2 Å². The fourth-order valence-corrected chi connectivity index (χ4v) is 4.66. The second-order valence-electron chi connectivity index (χ2n) is 9.55. The van der Waals surface area contributed by atoms with Gasteiger partial charge in [0, 0.05) is 42.6 Å². The number of benzene rings is 1. The van der Waals surface area contributed by atoms with Crippen LogP contribution in [0.15, 0.2) is 98.0 Å². The van der Waals surface area contributed by atoms with Crippen molar-refractivity contribution in [2.75, 3.05) is 6.54 Å². The van der Waals surface area contributed by atoms with Crippen molar-refractivity contribution in [2.45, 2.75) is 20.4 Å². The standard InChI is InChI=1S/C31H29N9/c1-4-6-7-21(5-2)12-32-13-22-10-24(15-33-14-22)23-8-9-26-25(11-23)29(39-38-26)31-36-27-16-34-17-28(30(27)37-31)40-18-20(3)35-19-40/h4-11,14-19,32H,2,12-13H2,1,3H3,(H,36,37)(H,38,39)/b6-4-,21-7+. The second-order valence-corrected chi connectivity index (χ2v) is 9.55. The molecule has 0 saturated heterocycles. The minimum atomic E-state index is 0.671. The number of imidazole rings is 2. The SMILES string of the molecule is C=C/C(=C\C=C/C)CNCc1cncc(-c2ccc3[nH]nc(-c4nc5c(-n6cnc(C)c6)cncc5[nH]4)c3c2)c1. The molecule has 0 aliphatic heterocycles. The number of aryl methyl sites for hydroxylation is 1. The van der Waals surface area contributed by atoms with Crippen LogP contribution in [0.5, 0.6) is 0 Å². The van der Waals surface area contributed by atoms with E-state index in [0.29, 0.717) is 12.4 Å². The lowest BCUT2D eigenvalue weighted by molar-refractivity contribution is 0.745. The Hall–Kier alpha value is -5.15. The number of aromatic nitrogens is 8. The smallest absolute Gasteiger partial charge is 0.159 e. The van der Waals surface area contributed by atoms with E-state index in [2.05, 4.69) is 66.3 Å². The Labute approximate surface area is 231 Å². The first kappa shape index (κ1) is 25.1. The van der Waals surface area contributed by atoms with Crippen molar-refractivity contribution in [3.8, 4) is 28.3 Å². The summed E-state index contributed by atoms with van der Waals surface area (Å²) in [6, 6.07) is 8.41. The second kappa shape index (κ2) is 10.9. The molecule has 0 spiro atoms. The van der Waals surface area contributed by atoms with E-state index in [-0.39, 0.29) is 0 Å². The highest BCUT2D eigenvalue weighted by atomic mass is 15.1. The van der Waals surface area contributed by atoms with Crippen LogP contribution in [0.25, 0.3) is 50.3 Å². The van der Waals surface area contributed by atoms with Gasteiger partial charge in [-0.05, 0) is 48.7 Å². The zero-order chi connectivity index (χ0) is 27.5. The van der Waals surface area contributed by atoms with Crippen molar-refractivity contribution in [3.63, 3.8) is 0 Å². The van der Waals surface area contributed by atoms with E-state index in [4.69, 9.17) is 4.98 Å². The van der Waals surface area contributed by atoms with Crippen LogP contribution in [0.4, 0.5) is 0 Å². The molecule has 198 valence electrons. The first-order valence-electron chi connectivity index (χ1n) is 13.1. The molecule has 0 atom stereocenters. The first-order valence-corrected chi connectivity index (χ1v) is 13.1. The molecule has 5 heterocycles. The normalized spacial score (nSPS) is 12.2. The summed E-state index contributed by atoms with van der Waals surface area (Å²) in [6.45, 7) is 9.29. The molecule has 6 rings (SSSR count). The minimum absolute atomic E-state index is 0.671. The summed E-state index contributed by atoms with van der Waals surface area (Å²) in [6.07, 6.45) is 19.0. The van der Waals surface area contributed by atoms with Gasteiger partial charge < -0.3 is 14.9 Å². The fourth-order valence-electron chi connectivity index (χ4n) is 4.66. The minimum Gasteiger partial charge on any atom is -0.335 e. The molecule has 1 aromatic carbocycles. The van der Waals surface area contributed by atoms with Crippen molar-refractivity contribution < 1.29 is 0 Å². The summed E-state index contributed by atoms with van der Waals surface area (Å²) >= 11 is 0. The molecular formula is C31H29N9. The molecule has 3 N–H and O–H groups in total. The third-order valence-electron chi connectivity index (χ3n) is 6.70. The number of nitrogens with zero attached hydrogens (tertiary/aromatic N) is 6. The van der Waals surface area contributed by atoms with E-state index in [9.17, 15) is 0 Å². The molecule has 9 nitrogen and oxygen atoms in total. The Bertz CT molecular complexity index is 1880. The molecule has 0 aliphatic carbocycles. The van der Waals surface area contributed by atoms with Crippen LogP contribution in [0.2, 0.25) is 0 Å². The lowest BCUT2D eigenvalue weighted by Crippen LogP contribution is -2.16. The highest BCUT2D eigenvalue weighted by molar-refractivity contribution is 5.96. The maximum Gasteiger partial charge on any atom is 0.159 e. The van der Waals surface area contributed by atoms with Crippen molar-refractivity contribution >= 4 is 21.9 Å². The predicted molar refractivity (Wildman–Crippen MR) is 159 cm³/mol. The van der Waals surface area contributed by atoms with Gasteiger partial charge in [-0.25, -0.2) is 9.97 Å². The van der Waals surface area contributed by atoms with Crippen LogP contribution < -0.4 is 5.32 Å². The van der Waals surface area contributed by atoms with Gasteiger partial charge in [0.2, 0.25) is 0 Å². The maximum atomic E-state index is 4.92. The molecule has 40 heavy (non-hydrogen) atoms. The number of allylic oxidation sites excluding steroid dienone is 3. The van der Waals surface area contributed by atoms with Crippen LogP contribution in [-0.2, 0) is 6.54 Å². The van der Waals surface area contributed by atoms with Gasteiger partial charge in [0.15, 0.2) is 5.82 Å². The average Bonchev–Trinajstić information content (AvgIpc) is 3.72. The van der Waals surface area contributed by atoms with Crippen LogP contribution >= 0.6 is 0 Å². The highest BCUT2D eigenvalue weighted by Gasteiger charge is 2.16. The first-order chi connectivity index (χ1) is 19.6. The summed E-state index contributed by atoms with van der Waals surface area (Å²) in [4.78, 5) is 21.6. The van der Waals surface area contributed by atoms with Crippen molar-refractivity contribution in [2.24, 2.45) is 0 Å². The fraction of sp³-hybridized carbons (Fsp3) is 0.129. The largest absolute Gasteiger partial charge is 0.335 e. The van der Waals surface area contributed by atoms with Gasteiger partial charge in [-0.3, -0.25) is 15.1 Å². The number of hydrogen-bond donors (Lipinski definition) is 3. The Morgan fingerprint density at radius 2 is 1.98 bits per heavy atom. The van der Waals surface area contributed by atoms with E-state index in [1.807, 2.05) is 61.3 Å². The van der Waals surface area contributed by atoms with Gasteiger partial charge >= 0.3 is 0 Å². The Kier molecular flexibility index (Phi) is 6.86. The van der Waals surface area contributed by atoms with Gasteiger partial charge in [-0.1, -0.05) is 36.9 Å². The number of fused-ring (bicyclic) bond motifs is 2. The van der Waals surface area contributed by atoms with E-state index >= 15 is 0 Å². The molecule has 0 aliphatic rings. The van der Waals surface area contributed by atoms with E-state index < -0.39 is 0 Å². The van der Waals surface area contributed by atoms with Crippen LogP contribution in [-0.4, -0.2) is 46.2 Å². The number of H-pyrrole nitrogens is 2. The number of nitrogens with one attached hydrogen (secondary N) is 3. The molecule has 0 bridgehead atoms. The molecule has 5 aromatic heterocycles. The topological polar surface area (TPSA) is 113 Å². The Morgan fingerprint density at radius 1 is 1.07 bits per heavy atom. The molecule has 6 aromatic rings. The molecule has 0 radical (unpaired) electrons. The zero-order valence-electron chi connectivity index (χ0n) is 22.4. The predicted octanol–water partition coefficient (Wildman–Crippen LogP) is 5.84. The number of aromatic amines is 2. The zero-order valence-corrected chi connectivity index (χ0v) is 22.4. The quantitative estimate of drug-likeness (QED) is 0.204. The van der Waals surface area contributed by atoms with Crippen molar-refractivity contribution in [1.82, 2.24) is 45.0 Å². The summed E-state index contributed by atoms with van der Waals surface area (Å²) in [5.41, 5.74) is 9.42. The number of hydrogen-bond acceptors (Lipinski definition) is 6. The van der Waals surface area contributed by atoms with E-state index in [0.717, 1.165) is 67.8 Å². The highest BCUT2D eigenvalue weighted by Crippen LogP contribution is 2.31. The third kappa shape index (κ3) is 4.97. The van der Waals surface area contributed by atoms with Gasteiger partial charge in [-0.15, -0.1) is 0 Å². The Balaban J connectivity index is 1.29. The van der Waals surface area contributed by atoms with Gasteiger partial charge in [0.1, 0.15) is 11.2 Å². The molecule has 9 heteroatoms. The average molecular weight is 528 g/mol. The summed E-state index contributed by atoms with van der Waals surface area (Å²) in [7, 11) is 0. The monoisotopic (exact) mass is 527 g/mol. The summed E-state index contributed by atoms with van der Waals surface area (Å²) < 4.78 is 1.93. The van der Waals surface area contributed by atoms with Crippen LogP contribution in [0.3, 0.4) is 0 Å².